The summed E-state index contributed by atoms with van der Waals surface area (Å²) in [5.41, 5.74) is 0.442. The number of thiazole rings is 1. The lowest BCUT2D eigenvalue weighted by Gasteiger charge is -2.26. The van der Waals surface area contributed by atoms with Gasteiger partial charge in [-0.3, -0.25) is 9.59 Å². The van der Waals surface area contributed by atoms with Crippen LogP contribution in [0.25, 0.3) is 11.3 Å². The summed E-state index contributed by atoms with van der Waals surface area (Å²) in [4.78, 5) is 28.4. The van der Waals surface area contributed by atoms with Crippen molar-refractivity contribution in [1.29, 1.82) is 0 Å². The van der Waals surface area contributed by atoms with Crippen molar-refractivity contribution in [3.05, 3.63) is 35.2 Å². The van der Waals surface area contributed by atoms with Gasteiger partial charge < -0.3 is 10.4 Å². The summed E-state index contributed by atoms with van der Waals surface area (Å²) in [7, 11) is 0. The lowest BCUT2D eigenvalue weighted by molar-refractivity contribution is -0.148. The van der Waals surface area contributed by atoms with Gasteiger partial charge in [-0.15, -0.1) is 11.3 Å². The maximum Gasteiger partial charge on any atom is 0.307 e. The molecule has 1 amide bonds. The third kappa shape index (κ3) is 2.88. The molecule has 2 aliphatic rings. The van der Waals surface area contributed by atoms with E-state index < -0.39 is 29.4 Å². The number of carboxylic acids is 1. The van der Waals surface area contributed by atoms with Gasteiger partial charge in [-0.1, -0.05) is 0 Å². The van der Waals surface area contributed by atoms with Gasteiger partial charge in [-0.2, -0.15) is 0 Å². The van der Waals surface area contributed by atoms with Gasteiger partial charge in [0.15, 0.2) is 5.13 Å². The fourth-order valence-corrected chi connectivity index (χ4v) is 5.08. The summed E-state index contributed by atoms with van der Waals surface area (Å²) < 4.78 is 26.9. The molecule has 26 heavy (non-hydrogen) atoms. The van der Waals surface area contributed by atoms with Gasteiger partial charge in [0, 0.05) is 17.0 Å². The average Bonchev–Trinajstić information content (AvgIpc) is 3.29. The summed E-state index contributed by atoms with van der Waals surface area (Å²) in [5.74, 6) is -3.72. The van der Waals surface area contributed by atoms with Crippen LogP contribution in [-0.2, 0) is 9.59 Å². The molecule has 0 radical (unpaired) electrons. The first-order valence-electron chi connectivity index (χ1n) is 8.38. The highest BCUT2D eigenvalue weighted by Crippen LogP contribution is 2.52. The smallest absolute Gasteiger partial charge is 0.307 e. The molecule has 2 fully saturated rings. The van der Waals surface area contributed by atoms with Crippen molar-refractivity contribution in [3.8, 4) is 11.3 Å². The van der Waals surface area contributed by atoms with Gasteiger partial charge in [0.2, 0.25) is 5.91 Å². The quantitative estimate of drug-likeness (QED) is 0.849. The molecule has 8 heteroatoms. The third-order valence-electron chi connectivity index (χ3n) is 5.45. The van der Waals surface area contributed by atoms with Crippen molar-refractivity contribution in [2.45, 2.75) is 19.3 Å². The number of nitrogens with one attached hydrogen (secondary N) is 1. The Hall–Kier alpha value is -2.35. The molecule has 4 rings (SSSR count). The molecule has 0 unspecified atom stereocenters. The van der Waals surface area contributed by atoms with E-state index in [1.54, 1.807) is 5.38 Å². The number of anilines is 1. The van der Waals surface area contributed by atoms with Crippen LogP contribution < -0.4 is 5.32 Å². The summed E-state index contributed by atoms with van der Waals surface area (Å²) in [6, 6.07) is 3.21. The number of rotatable bonds is 4. The number of hydrogen-bond donors (Lipinski definition) is 2. The van der Waals surface area contributed by atoms with Gasteiger partial charge in [0.25, 0.3) is 0 Å². The molecule has 0 spiro atoms. The zero-order chi connectivity index (χ0) is 18.4. The Kier molecular flexibility index (Phi) is 4.22. The van der Waals surface area contributed by atoms with E-state index >= 15 is 0 Å². The van der Waals surface area contributed by atoms with Crippen LogP contribution >= 0.6 is 11.3 Å². The van der Waals surface area contributed by atoms with Crippen molar-refractivity contribution in [1.82, 2.24) is 4.98 Å². The molecule has 0 saturated heterocycles. The monoisotopic (exact) mass is 378 g/mol. The second kappa shape index (κ2) is 6.42. The second-order valence-corrected chi connectivity index (χ2v) is 7.73. The molecule has 4 atom stereocenters. The minimum Gasteiger partial charge on any atom is -0.481 e. The van der Waals surface area contributed by atoms with E-state index in [2.05, 4.69) is 10.3 Å². The van der Waals surface area contributed by atoms with Gasteiger partial charge in [0.1, 0.15) is 11.6 Å². The van der Waals surface area contributed by atoms with E-state index in [9.17, 15) is 23.5 Å². The van der Waals surface area contributed by atoms with E-state index in [-0.39, 0.29) is 28.4 Å². The highest BCUT2D eigenvalue weighted by Gasteiger charge is 2.54. The van der Waals surface area contributed by atoms with Crippen LogP contribution in [-0.4, -0.2) is 22.0 Å². The molecule has 2 aliphatic carbocycles. The van der Waals surface area contributed by atoms with Crippen molar-refractivity contribution < 1.29 is 23.5 Å². The SMILES string of the molecule is O=C(O)[C@H]1[C@H]2CC[C@@H](C2)[C@@H]1C(=O)Nc1nc(-c2ccc(F)cc2F)cs1. The van der Waals surface area contributed by atoms with Crippen LogP contribution in [0.15, 0.2) is 23.6 Å². The Labute approximate surface area is 152 Å². The van der Waals surface area contributed by atoms with E-state index in [1.807, 2.05) is 0 Å². The molecule has 2 N–H and O–H groups in total. The van der Waals surface area contributed by atoms with Crippen LogP contribution in [0, 0.1) is 35.3 Å². The average molecular weight is 378 g/mol. The molecular formula is C18H16F2N2O3S. The number of amides is 1. The van der Waals surface area contributed by atoms with Crippen LogP contribution in [0.3, 0.4) is 0 Å². The molecule has 0 aliphatic heterocycles. The number of aliphatic carboxylic acids is 1. The summed E-state index contributed by atoms with van der Waals surface area (Å²) in [6.07, 6.45) is 2.51. The highest BCUT2D eigenvalue weighted by atomic mass is 32.1. The number of fused-ring (bicyclic) bond motifs is 2. The van der Waals surface area contributed by atoms with Gasteiger partial charge >= 0.3 is 5.97 Å². The first-order chi connectivity index (χ1) is 12.4. The van der Waals surface area contributed by atoms with E-state index in [1.165, 1.54) is 6.07 Å². The fourth-order valence-electron chi connectivity index (χ4n) is 4.36. The Bertz CT molecular complexity index is 885. The molecule has 1 aromatic carbocycles. The predicted molar refractivity (Wildman–Crippen MR) is 91.5 cm³/mol. The van der Waals surface area contributed by atoms with Crippen molar-refractivity contribution >= 4 is 28.3 Å². The molecule has 5 nitrogen and oxygen atoms in total. The number of halogens is 2. The van der Waals surface area contributed by atoms with E-state index in [0.717, 1.165) is 42.7 Å². The molecule has 2 bridgehead atoms. The molecule has 1 aromatic heterocycles. The highest BCUT2D eigenvalue weighted by molar-refractivity contribution is 7.14. The summed E-state index contributed by atoms with van der Waals surface area (Å²) in [5, 5.41) is 14.0. The van der Waals surface area contributed by atoms with E-state index in [4.69, 9.17) is 0 Å². The lowest BCUT2D eigenvalue weighted by Crippen LogP contribution is -2.37. The van der Waals surface area contributed by atoms with Crippen molar-refractivity contribution in [2.24, 2.45) is 23.7 Å². The Morgan fingerprint density at radius 1 is 1.19 bits per heavy atom. The number of aromatic nitrogens is 1. The summed E-state index contributed by atoms with van der Waals surface area (Å²) in [6.45, 7) is 0. The number of carbonyl (C=O) groups excluding carboxylic acids is 1. The maximum atomic E-state index is 13.9. The summed E-state index contributed by atoms with van der Waals surface area (Å²) >= 11 is 1.12. The van der Waals surface area contributed by atoms with Gasteiger partial charge in [0.05, 0.1) is 17.5 Å². The van der Waals surface area contributed by atoms with Gasteiger partial charge in [-0.25, -0.2) is 13.8 Å². The topological polar surface area (TPSA) is 79.3 Å². The van der Waals surface area contributed by atoms with Crippen molar-refractivity contribution in [2.75, 3.05) is 5.32 Å². The third-order valence-corrected chi connectivity index (χ3v) is 6.20. The van der Waals surface area contributed by atoms with Crippen LogP contribution in [0.5, 0.6) is 0 Å². The largest absolute Gasteiger partial charge is 0.481 e. The number of carbonyl (C=O) groups is 2. The van der Waals surface area contributed by atoms with E-state index in [0.29, 0.717) is 5.69 Å². The maximum absolute atomic E-state index is 13.9. The minimum absolute atomic E-state index is 0.0633. The number of hydrogen-bond acceptors (Lipinski definition) is 4. The van der Waals surface area contributed by atoms with Gasteiger partial charge in [-0.05, 0) is 43.2 Å². The lowest BCUT2D eigenvalue weighted by atomic mass is 9.79. The number of benzene rings is 1. The Morgan fingerprint density at radius 2 is 1.92 bits per heavy atom. The Morgan fingerprint density at radius 3 is 2.62 bits per heavy atom. The fraction of sp³-hybridized carbons (Fsp3) is 0.389. The molecule has 2 saturated carbocycles. The first-order valence-corrected chi connectivity index (χ1v) is 9.26. The zero-order valence-corrected chi connectivity index (χ0v) is 14.4. The normalized spacial score (nSPS) is 26.8. The van der Waals surface area contributed by atoms with Crippen LogP contribution in [0.4, 0.5) is 13.9 Å². The second-order valence-electron chi connectivity index (χ2n) is 6.87. The molecular weight excluding hydrogens is 362 g/mol. The van der Waals surface area contributed by atoms with Crippen LogP contribution in [0.1, 0.15) is 19.3 Å². The standard InChI is InChI=1S/C18H16F2N2O3S/c19-10-3-4-11(12(20)6-10)13-7-26-18(21-13)22-16(23)14-8-1-2-9(5-8)15(14)17(24)25/h3-4,6-9,14-15H,1-2,5H2,(H,24,25)(H,21,22,23)/t8-,9-,14-,15-/m0/s1. The minimum atomic E-state index is -0.925. The van der Waals surface area contributed by atoms with Crippen LogP contribution in [0.2, 0.25) is 0 Å². The zero-order valence-electron chi connectivity index (χ0n) is 13.6. The Balaban J connectivity index is 1.52. The number of carboxylic acid groups (broad SMARTS) is 1. The molecule has 2 aromatic rings. The predicted octanol–water partition coefficient (Wildman–Crippen LogP) is 3.77. The van der Waals surface area contributed by atoms with Crippen molar-refractivity contribution in [3.63, 3.8) is 0 Å². The molecule has 136 valence electrons. The first kappa shape index (κ1) is 17.1. The number of nitrogens with zero attached hydrogens (tertiary/aromatic N) is 1. The molecule has 1 heterocycles.